The van der Waals surface area contributed by atoms with E-state index in [0.717, 1.165) is 44.1 Å². The van der Waals surface area contributed by atoms with E-state index in [1.54, 1.807) is 0 Å². The lowest BCUT2D eigenvalue weighted by Crippen LogP contribution is -2.48. The zero-order chi connectivity index (χ0) is 11.4. The van der Waals surface area contributed by atoms with Gasteiger partial charge in [0.05, 0.1) is 0 Å². The van der Waals surface area contributed by atoms with Crippen LogP contribution in [0.15, 0.2) is 12.3 Å². The predicted octanol–water partition coefficient (Wildman–Crippen LogP) is 0.621. The van der Waals surface area contributed by atoms with Crippen LogP contribution in [-0.2, 0) is 6.42 Å². The van der Waals surface area contributed by atoms with Gasteiger partial charge >= 0.3 is 0 Å². The lowest BCUT2D eigenvalue weighted by Gasteiger charge is -2.32. The monoisotopic (exact) mass is 220 g/mol. The topological polar surface area (TPSA) is 41.1 Å². The van der Waals surface area contributed by atoms with Crippen molar-refractivity contribution < 1.29 is 0 Å². The minimum Gasteiger partial charge on any atom is -0.314 e. The SMILES string of the molecule is Cc1ccnc(CC(C)N2CCNCC2)n1. The van der Waals surface area contributed by atoms with Gasteiger partial charge < -0.3 is 5.32 Å². The molecule has 88 valence electrons. The number of nitrogens with zero attached hydrogens (tertiary/aromatic N) is 3. The molecule has 1 aromatic heterocycles. The molecule has 1 aliphatic heterocycles. The quantitative estimate of drug-likeness (QED) is 0.811. The van der Waals surface area contributed by atoms with E-state index in [1.807, 2.05) is 19.2 Å². The van der Waals surface area contributed by atoms with Gasteiger partial charge in [-0.25, -0.2) is 9.97 Å². The van der Waals surface area contributed by atoms with Crippen LogP contribution in [0.5, 0.6) is 0 Å². The summed E-state index contributed by atoms with van der Waals surface area (Å²) < 4.78 is 0. The van der Waals surface area contributed by atoms with Crippen LogP contribution < -0.4 is 5.32 Å². The summed E-state index contributed by atoms with van der Waals surface area (Å²) in [4.78, 5) is 11.3. The van der Waals surface area contributed by atoms with Crippen molar-refractivity contribution >= 4 is 0 Å². The number of rotatable bonds is 3. The summed E-state index contributed by atoms with van der Waals surface area (Å²) in [5.74, 6) is 0.964. The Hall–Kier alpha value is -1.00. The Morgan fingerprint density at radius 3 is 2.88 bits per heavy atom. The first-order chi connectivity index (χ1) is 7.75. The minimum atomic E-state index is 0.531. The number of hydrogen-bond acceptors (Lipinski definition) is 4. The highest BCUT2D eigenvalue weighted by molar-refractivity contribution is 5.00. The predicted molar refractivity (Wildman–Crippen MR) is 64.4 cm³/mol. The molecule has 0 bridgehead atoms. The molecule has 0 aliphatic carbocycles. The third-order valence-corrected chi connectivity index (χ3v) is 3.10. The first-order valence-electron chi connectivity index (χ1n) is 5.99. The summed E-state index contributed by atoms with van der Waals surface area (Å²) >= 11 is 0. The Morgan fingerprint density at radius 1 is 1.44 bits per heavy atom. The zero-order valence-electron chi connectivity index (χ0n) is 10.1. The van der Waals surface area contributed by atoms with Gasteiger partial charge in [-0.05, 0) is 19.9 Å². The third kappa shape index (κ3) is 3.00. The van der Waals surface area contributed by atoms with Crippen LogP contribution in [0.1, 0.15) is 18.4 Å². The molecule has 2 rings (SSSR count). The summed E-state index contributed by atoms with van der Waals surface area (Å²) in [5, 5.41) is 3.37. The second kappa shape index (κ2) is 5.37. The van der Waals surface area contributed by atoms with Crippen molar-refractivity contribution in [3.63, 3.8) is 0 Å². The smallest absolute Gasteiger partial charge is 0.130 e. The van der Waals surface area contributed by atoms with E-state index in [1.165, 1.54) is 0 Å². The molecule has 0 aromatic carbocycles. The molecule has 1 saturated heterocycles. The van der Waals surface area contributed by atoms with Gasteiger partial charge in [-0.15, -0.1) is 0 Å². The van der Waals surface area contributed by atoms with Crippen LogP contribution >= 0.6 is 0 Å². The number of hydrogen-bond donors (Lipinski definition) is 1. The van der Waals surface area contributed by atoms with E-state index in [4.69, 9.17) is 0 Å². The average molecular weight is 220 g/mol. The van der Waals surface area contributed by atoms with Crippen molar-refractivity contribution in [2.45, 2.75) is 26.3 Å². The van der Waals surface area contributed by atoms with Crippen molar-refractivity contribution in [2.24, 2.45) is 0 Å². The Labute approximate surface area is 97.1 Å². The molecule has 0 saturated carbocycles. The first-order valence-corrected chi connectivity index (χ1v) is 5.99. The molecular weight excluding hydrogens is 200 g/mol. The molecule has 4 nitrogen and oxygen atoms in total. The van der Waals surface area contributed by atoms with Gasteiger partial charge in [-0.1, -0.05) is 0 Å². The molecule has 4 heteroatoms. The van der Waals surface area contributed by atoms with Gasteiger partial charge in [0.2, 0.25) is 0 Å². The van der Waals surface area contributed by atoms with Crippen molar-refractivity contribution in [3.05, 3.63) is 23.8 Å². The molecule has 1 N–H and O–H groups in total. The Bertz CT molecular complexity index is 334. The molecule has 1 atom stereocenters. The molecule has 1 unspecified atom stereocenters. The average Bonchev–Trinajstić information content (AvgIpc) is 2.30. The summed E-state index contributed by atoms with van der Waals surface area (Å²) in [6.45, 7) is 8.73. The van der Waals surface area contributed by atoms with Crippen LogP contribution in [0.25, 0.3) is 0 Å². The van der Waals surface area contributed by atoms with Gasteiger partial charge in [-0.3, -0.25) is 4.90 Å². The molecule has 0 amide bonds. The standard InChI is InChI=1S/C12H20N4/c1-10-3-4-14-12(15-10)9-11(2)16-7-5-13-6-8-16/h3-4,11,13H,5-9H2,1-2H3. The molecule has 0 spiro atoms. The highest BCUT2D eigenvalue weighted by Gasteiger charge is 2.17. The number of aromatic nitrogens is 2. The van der Waals surface area contributed by atoms with Crippen molar-refractivity contribution in [3.8, 4) is 0 Å². The molecule has 1 aliphatic rings. The summed E-state index contributed by atoms with van der Waals surface area (Å²) in [5.41, 5.74) is 1.05. The highest BCUT2D eigenvalue weighted by Crippen LogP contribution is 2.06. The summed E-state index contributed by atoms with van der Waals surface area (Å²) in [6, 6.07) is 2.47. The van der Waals surface area contributed by atoms with E-state index in [9.17, 15) is 0 Å². The number of nitrogens with one attached hydrogen (secondary N) is 1. The molecule has 2 heterocycles. The maximum atomic E-state index is 4.45. The summed E-state index contributed by atoms with van der Waals surface area (Å²) in [6.07, 6.45) is 2.80. The van der Waals surface area contributed by atoms with E-state index >= 15 is 0 Å². The summed E-state index contributed by atoms with van der Waals surface area (Å²) in [7, 11) is 0. The Balaban J connectivity index is 1.93. The Kier molecular flexibility index (Phi) is 3.85. The Morgan fingerprint density at radius 2 is 2.19 bits per heavy atom. The lowest BCUT2D eigenvalue weighted by molar-refractivity contribution is 0.181. The van der Waals surface area contributed by atoms with Gasteiger partial charge in [-0.2, -0.15) is 0 Å². The minimum absolute atomic E-state index is 0.531. The second-order valence-electron chi connectivity index (χ2n) is 4.45. The first kappa shape index (κ1) is 11.5. The van der Waals surface area contributed by atoms with Gasteiger partial charge in [0.15, 0.2) is 0 Å². The zero-order valence-corrected chi connectivity index (χ0v) is 10.1. The fraction of sp³-hybridized carbons (Fsp3) is 0.667. The fourth-order valence-corrected chi connectivity index (χ4v) is 2.12. The van der Waals surface area contributed by atoms with Crippen molar-refractivity contribution in [2.75, 3.05) is 26.2 Å². The van der Waals surface area contributed by atoms with Crippen LogP contribution in [0, 0.1) is 6.92 Å². The van der Waals surface area contributed by atoms with Gasteiger partial charge in [0.1, 0.15) is 5.82 Å². The maximum absolute atomic E-state index is 4.45. The second-order valence-corrected chi connectivity index (χ2v) is 4.45. The molecular formula is C12H20N4. The number of aryl methyl sites for hydroxylation is 1. The van der Waals surface area contributed by atoms with E-state index < -0.39 is 0 Å². The van der Waals surface area contributed by atoms with Gasteiger partial charge in [0, 0.05) is 50.5 Å². The lowest BCUT2D eigenvalue weighted by atomic mass is 10.1. The molecule has 1 aromatic rings. The molecule has 0 radical (unpaired) electrons. The van der Waals surface area contributed by atoms with Crippen molar-refractivity contribution in [1.82, 2.24) is 20.2 Å². The highest BCUT2D eigenvalue weighted by atomic mass is 15.2. The van der Waals surface area contributed by atoms with Crippen LogP contribution in [0.4, 0.5) is 0 Å². The molecule has 16 heavy (non-hydrogen) atoms. The molecule has 1 fully saturated rings. The van der Waals surface area contributed by atoms with Crippen LogP contribution in [-0.4, -0.2) is 47.1 Å². The normalized spacial score (nSPS) is 19.6. The van der Waals surface area contributed by atoms with E-state index in [0.29, 0.717) is 6.04 Å². The van der Waals surface area contributed by atoms with E-state index in [-0.39, 0.29) is 0 Å². The largest absolute Gasteiger partial charge is 0.314 e. The van der Waals surface area contributed by atoms with Crippen LogP contribution in [0.2, 0.25) is 0 Å². The number of piperazine rings is 1. The third-order valence-electron chi connectivity index (χ3n) is 3.10. The fourth-order valence-electron chi connectivity index (χ4n) is 2.12. The van der Waals surface area contributed by atoms with E-state index in [2.05, 4.69) is 27.1 Å². The van der Waals surface area contributed by atoms with Crippen LogP contribution in [0.3, 0.4) is 0 Å². The maximum Gasteiger partial charge on any atom is 0.130 e. The van der Waals surface area contributed by atoms with Crippen molar-refractivity contribution in [1.29, 1.82) is 0 Å². The van der Waals surface area contributed by atoms with Gasteiger partial charge in [0.25, 0.3) is 0 Å².